The molecule has 2 atom stereocenters. The van der Waals surface area contributed by atoms with E-state index in [2.05, 4.69) is 11.9 Å². The monoisotopic (exact) mass is 266 g/mol. The molecule has 0 aromatic rings. The Hall–Kier alpha value is -1.32. The van der Waals surface area contributed by atoms with Crippen LogP contribution in [0.25, 0.3) is 0 Å². The van der Waals surface area contributed by atoms with Gasteiger partial charge in [0.05, 0.1) is 0 Å². The van der Waals surface area contributed by atoms with Gasteiger partial charge in [-0.1, -0.05) is 25.3 Å². The zero-order valence-electron chi connectivity index (χ0n) is 11.9. The summed E-state index contributed by atoms with van der Waals surface area (Å²) < 4.78 is 0. The maximum atomic E-state index is 12.2. The Morgan fingerprint density at radius 2 is 2.11 bits per heavy atom. The molecule has 2 amide bonds. The topological polar surface area (TPSA) is 72.2 Å². The fourth-order valence-electron chi connectivity index (χ4n) is 2.69. The molecule has 0 spiro atoms. The first-order valence-corrected chi connectivity index (χ1v) is 7.28. The molecule has 4 heteroatoms. The molecule has 1 unspecified atom stereocenters. The minimum absolute atomic E-state index is 0.0257. The van der Waals surface area contributed by atoms with Crippen LogP contribution >= 0.6 is 0 Å². The Morgan fingerprint density at radius 1 is 1.42 bits per heavy atom. The number of carbonyl (C=O) groups excluding carboxylic acids is 2. The van der Waals surface area contributed by atoms with E-state index in [4.69, 9.17) is 5.73 Å². The van der Waals surface area contributed by atoms with Crippen LogP contribution in [0.4, 0.5) is 0 Å². The first-order valence-electron chi connectivity index (χ1n) is 7.28. The third-order valence-electron chi connectivity index (χ3n) is 4.03. The van der Waals surface area contributed by atoms with E-state index in [1.54, 1.807) is 6.08 Å². The molecule has 1 aliphatic carbocycles. The lowest BCUT2D eigenvalue weighted by atomic mass is 9.74. The third kappa shape index (κ3) is 4.69. The maximum Gasteiger partial charge on any atom is 0.223 e. The Morgan fingerprint density at radius 3 is 2.53 bits per heavy atom. The lowest BCUT2D eigenvalue weighted by Gasteiger charge is -2.32. The first-order chi connectivity index (χ1) is 9.10. The summed E-state index contributed by atoms with van der Waals surface area (Å²) in [5.74, 6) is -0.453. The third-order valence-corrected chi connectivity index (χ3v) is 4.03. The fourth-order valence-corrected chi connectivity index (χ4v) is 2.69. The summed E-state index contributed by atoms with van der Waals surface area (Å²) in [5.41, 5.74) is 5.49. The van der Waals surface area contributed by atoms with Crippen LogP contribution in [0.3, 0.4) is 0 Å². The van der Waals surface area contributed by atoms with Crippen LogP contribution in [0.5, 0.6) is 0 Å². The number of rotatable bonds is 9. The van der Waals surface area contributed by atoms with Crippen LogP contribution in [0, 0.1) is 17.8 Å². The molecule has 0 bridgehead atoms. The minimum atomic E-state index is -0.370. The van der Waals surface area contributed by atoms with Crippen molar-refractivity contribution in [1.82, 2.24) is 5.32 Å². The zero-order valence-corrected chi connectivity index (χ0v) is 11.9. The van der Waals surface area contributed by atoms with Crippen molar-refractivity contribution in [2.75, 3.05) is 6.54 Å². The number of nitrogens with two attached hydrogens (primary N) is 1. The standard InChI is InChI=1S/C15H26N2O2/c1-3-5-9-12(14(16)18)13(15(19)17-4-2)10-11-7-6-8-11/h3,11-13H,1,4-10H2,2H3,(H2,16,18)(H,17,19)/t12-,13?/m0/s1. The van der Waals surface area contributed by atoms with Gasteiger partial charge >= 0.3 is 0 Å². The highest BCUT2D eigenvalue weighted by atomic mass is 16.2. The molecule has 0 radical (unpaired) electrons. The van der Waals surface area contributed by atoms with Gasteiger partial charge in [0.1, 0.15) is 0 Å². The summed E-state index contributed by atoms with van der Waals surface area (Å²) in [4.78, 5) is 23.8. The van der Waals surface area contributed by atoms with Crippen LogP contribution in [0.15, 0.2) is 12.7 Å². The Balaban J connectivity index is 2.73. The van der Waals surface area contributed by atoms with Gasteiger partial charge in [0, 0.05) is 18.4 Å². The molecule has 0 aliphatic heterocycles. The van der Waals surface area contributed by atoms with Crippen LogP contribution in [-0.2, 0) is 9.59 Å². The van der Waals surface area contributed by atoms with E-state index in [1.807, 2.05) is 6.92 Å². The molecular formula is C15H26N2O2. The second kappa shape index (κ2) is 7.97. The molecular weight excluding hydrogens is 240 g/mol. The number of allylic oxidation sites excluding steroid dienone is 1. The van der Waals surface area contributed by atoms with E-state index in [1.165, 1.54) is 19.3 Å². The normalized spacial score (nSPS) is 18.2. The van der Waals surface area contributed by atoms with E-state index in [-0.39, 0.29) is 23.7 Å². The molecule has 3 N–H and O–H groups in total. The highest BCUT2D eigenvalue weighted by Gasteiger charge is 2.34. The summed E-state index contributed by atoms with van der Waals surface area (Å²) in [7, 11) is 0. The summed E-state index contributed by atoms with van der Waals surface area (Å²) in [6.07, 6.45) is 7.47. The summed E-state index contributed by atoms with van der Waals surface area (Å²) in [6.45, 7) is 6.15. The molecule has 4 nitrogen and oxygen atoms in total. The quantitative estimate of drug-likeness (QED) is 0.626. The van der Waals surface area contributed by atoms with Gasteiger partial charge in [-0.15, -0.1) is 6.58 Å². The molecule has 1 fully saturated rings. The number of nitrogens with one attached hydrogen (secondary N) is 1. The van der Waals surface area contributed by atoms with Gasteiger partial charge in [-0.25, -0.2) is 0 Å². The van der Waals surface area contributed by atoms with Gasteiger partial charge in [-0.3, -0.25) is 9.59 Å². The van der Waals surface area contributed by atoms with Crippen molar-refractivity contribution in [3.8, 4) is 0 Å². The summed E-state index contributed by atoms with van der Waals surface area (Å²) >= 11 is 0. The van der Waals surface area contributed by atoms with E-state index < -0.39 is 0 Å². The highest BCUT2D eigenvalue weighted by Crippen LogP contribution is 2.35. The van der Waals surface area contributed by atoms with E-state index >= 15 is 0 Å². The van der Waals surface area contributed by atoms with Crippen LogP contribution < -0.4 is 11.1 Å². The average Bonchev–Trinajstić information content (AvgIpc) is 2.30. The van der Waals surface area contributed by atoms with E-state index in [0.29, 0.717) is 25.3 Å². The van der Waals surface area contributed by atoms with Crippen LogP contribution in [-0.4, -0.2) is 18.4 Å². The zero-order chi connectivity index (χ0) is 14.3. The smallest absolute Gasteiger partial charge is 0.223 e. The van der Waals surface area contributed by atoms with Crippen LogP contribution in [0.2, 0.25) is 0 Å². The van der Waals surface area contributed by atoms with Gasteiger partial charge in [-0.2, -0.15) is 0 Å². The predicted molar refractivity (Wildman–Crippen MR) is 76.2 cm³/mol. The Kier molecular flexibility index (Phi) is 6.60. The van der Waals surface area contributed by atoms with Crippen molar-refractivity contribution in [3.63, 3.8) is 0 Å². The number of hydrogen-bond donors (Lipinski definition) is 2. The number of amides is 2. The molecule has 1 aliphatic rings. The SMILES string of the molecule is C=CCC[C@H](C(N)=O)C(CC1CCC1)C(=O)NCC. The molecule has 108 valence electrons. The second-order valence-corrected chi connectivity index (χ2v) is 5.41. The highest BCUT2D eigenvalue weighted by molar-refractivity contribution is 5.86. The molecule has 0 heterocycles. The lowest BCUT2D eigenvalue weighted by Crippen LogP contribution is -2.41. The first kappa shape index (κ1) is 15.7. The van der Waals surface area contributed by atoms with Gasteiger partial charge < -0.3 is 11.1 Å². The Bertz CT molecular complexity index is 324. The van der Waals surface area contributed by atoms with Crippen molar-refractivity contribution in [2.45, 2.75) is 45.4 Å². The van der Waals surface area contributed by atoms with Crippen molar-refractivity contribution < 1.29 is 9.59 Å². The molecule has 19 heavy (non-hydrogen) atoms. The number of carbonyl (C=O) groups is 2. The molecule has 1 rings (SSSR count). The van der Waals surface area contributed by atoms with E-state index in [0.717, 1.165) is 6.42 Å². The minimum Gasteiger partial charge on any atom is -0.369 e. The van der Waals surface area contributed by atoms with Gasteiger partial charge in [-0.05, 0) is 32.1 Å². The molecule has 1 saturated carbocycles. The number of hydrogen-bond acceptors (Lipinski definition) is 2. The number of primary amides is 1. The molecule has 0 aromatic heterocycles. The van der Waals surface area contributed by atoms with Crippen molar-refractivity contribution in [1.29, 1.82) is 0 Å². The van der Waals surface area contributed by atoms with Gasteiger partial charge in [0.25, 0.3) is 0 Å². The Labute approximate surface area is 115 Å². The van der Waals surface area contributed by atoms with Gasteiger partial charge in [0.2, 0.25) is 11.8 Å². The second-order valence-electron chi connectivity index (χ2n) is 5.41. The van der Waals surface area contributed by atoms with Gasteiger partial charge in [0.15, 0.2) is 0 Å². The average molecular weight is 266 g/mol. The van der Waals surface area contributed by atoms with Crippen molar-refractivity contribution in [2.24, 2.45) is 23.5 Å². The van der Waals surface area contributed by atoms with Crippen LogP contribution in [0.1, 0.15) is 45.4 Å². The molecule has 0 aromatic carbocycles. The lowest BCUT2D eigenvalue weighted by molar-refractivity contribution is -0.134. The van der Waals surface area contributed by atoms with E-state index in [9.17, 15) is 9.59 Å². The predicted octanol–water partition coefficient (Wildman–Crippen LogP) is 2.00. The summed E-state index contributed by atoms with van der Waals surface area (Å²) in [5, 5.41) is 2.84. The maximum absolute atomic E-state index is 12.2. The van der Waals surface area contributed by atoms with Crippen molar-refractivity contribution >= 4 is 11.8 Å². The van der Waals surface area contributed by atoms with Crippen molar-refractivity contribution in [3.05, 3.63) is 12.7 Å². The molecule has 0 saturated heterocycles. The fraction of sp³-hybridized carbons (Fsp3) is 0.733. The summed E-state index contributed by atoms with van der Waals surface area (Å²) in [6, 6.07) is 0. The largest absolute Gasteiger partial charge is 0.369 e.